The van der Waals surface area contributed by atoms with E-state index in [1.165, 1.54) is 15.2 Å². The first-order valence-electron chi connectivity index (χ1n) is 8.33. The average Bonchev–Trinajstić information content (AvgIpc) is 3.08. The van der Waals surface area contributed by atoms with E-state index in [4.69, 9.17) is 4.74 Å². The minimum atomic E-state index is -0.502. The Morgan fingerprint density at radius 3 is 2.54 bits per heavy atom. The van der Waals surface area contributed by atoms with Crippen LogP contribution in [0.3, 0.4) is 0 Å². The maximum absolute atomic E-state index is 12.7. The van der Waals surface area contributed by atoms with E-state index in [-0.39, 0.29) is 23.8 Å². The predicted octanol–water partition coefficient (Wildman–Crippen LogP) is 2.77. The van der Waals surface area contributed by atoms with Crippen LogP contribution >= 0.6 is 11.3 Å². The van der Waals surface area contributed by atoms with Crippen LogP contribution in [0.4, 0.5) is 0 Å². The highest BCUT2D eigenvalue weighted by molar-refractivity contribution is 7.20. The van der Waals surface area contributed by atoms with Gasteiger partial charge in [-0.05, 0) is 17.5 Å². The smallest absolute Gasteiger partial charge is 0.348 e. The van der Waals surface area contributed by atoms with Crippen molar-refractivity contribution in [3.63, 3.8) is 0 Å². The number of fused-ring (bicyclic) bond motifs is 1. The second kappa shape index (κ2) is 7.29. The first kappa shape index (κ1) is 18.1. The molecule has 6 nitrogen and oxygen atoms in total. The van der Waals surface area contributed by atoms with E-state index in [9.17, 15) is 14.4 Å². The molecule has 0 radical (unpaired) electrons. The summed E-state index contributed by atoms with van der Waals surface area (Å²) in [6.07, 6.45) is 0. The Morgan fingerprint density at radius 1 is 1.19 bits per heavy atom. The third-order valence-corrected chi connectivity index (χ3v) is 5.16. The number of thiophene rings is 1. The molecule has 0 fully saturated rings. The van der Waals surface area contributed by atoms with Crippen molar-refractivity contribution in [1.82, 2.24) is 9.13 Å². The molecule has 0 saturated carbocycles. The summed E-state index contributed by atoms with van der Waals surface area (Å²) >= 11 is 1.10. The van der Waals surface area contributed by atoms with E-state index in [0.29, 0.717) is 21.6 Å². The molecule has 0 amide bonds. The highest BCUT2D eigenvalue weighted by Crippen LogP contribution is 2.23. The lowest BCUT2D eigenvalue weighted by molar-refractivity contribution is 0.0478. The summed E-state index contributed by atoms with van der Waals surface area (Å²) in [5, 5.41) is 0.365. The minimum absolute atomic E-state index is 0.157. The van der Waals surface area contributed by atoms with Crippen LogP contribution in [0.25, 0.3) is 10.2 Å². The summed E-state index contributed by atoms with van der Waals surface area (Å²) in [5.74, 6) is -0.343. The number of ether oxygens (including phenoxy) is 1. The molecule has 0 saturated heterocycles. The van der Waals surface area contributed by atoms with Gasteiger partial charge in [0.1, 0.15) is 16.3 Å². The SMILES string of the molecule is CC(C)Cn1c(=O)c2cc(C(=O)OCc3ccccc3)sc2n(C)c1=O. The van der Waals surface area contributed by atoms with Crippen LogP contribution in [0.15, 0.2) is 46.0 Å². The van der Waals surface area contributed by atoms with Gasteiger partial charge in [-0.25, -0.2) is 9.59 Å². The number of rotatable bonds is 5. The lowest BCUT2D eigenvalue weighted by atomic mass is 10.2. The lowest BCUT2D eigenvalue weighted by Gasteiger charge is -2.09. The molecule has 26 heavy (non-hydrogen) atoms. The number of esters is 1. The number of nitrogens with zero attached hydrogens (tertiary/aromatic N) is 2. The zero-order chi connectivity index (χ0) is 18.8. The lowest BCUT2D eigenvalue weighted by Crippen LogP contribution is -2.39. The average molecular weight is 372 g/mol. The van der Waals surface area contributed by atoms with Gasteiger partial charge in [-0.2, -0.15) is 0 Å². The van der Waals surface area contributed by atoms with Crippen LogP contribution in [0, 0.1) is 5.92 Å². The van der Waals surface area contributed by atoms with Crippen LogP contribution in [0.5, 0.6) is 0 Å². The highest BCUT2D eigenvalue weighted by atomic mass is 32.1. The standard InChI is InChI=1S/C19H20N2O4S/c1-12(2)10-21-16(22)14-9-15(26-17(14)20(3)19(21)24)18(23)25-11-13-7-5-4-6-8-13/h4-9,12H,10-11H2,1-3H3. The number of benzene rings is 1. The molecule has 0 spiro atoms. The number of hydrogen-bond acceptors (Lipinski definition) is 5. The van der Waals surface area contributed by atoms with E-state index in [2.05, 4.69) is 0 Å². The van der Waals surface area contributed by atoms with Crippen LogP contribution in [-0.2, 0) is 24.9 Å². The Bertz CT molecular complexity index is 1060. The Balaban J connectivity index is 1.95. The van der Waals surface area contributed by atoms with Crippen molar-refractivity contribution in [2.75, 3.05) is 0 Å². The van der Waals surface area contributed by atoms with Gasteiger partial charge in [0.05, 0.1) is 5.39 Å². The molecule has 3 aromatic rings. The van der Waals surface area contributed by atoms with Crippen LogP contribution in [0.2, 0.25) is 0 Å². The van der Waals surface area contributed by atoms with Gasteiger partial charge in [-0.15, -0.1) is 11.3 Å². The zero-order valence-corrected chi connectivity index (χ0v) is 15.7. The van der Waals surface area contributed by atoms with Crippen molar-refractivity contribution >= 4 is 27.5 Å². The van der Waals surface area contributed by atoms with Crippen LogP contribution in [0.1, 0.15) is 29.1 Å². The van der Waals surface area contributed by atoms with Gasteiger partial charge in [-0.1, -0.05) is 44.2 Å². The molecule has 0 aliphatic carbocycles. The zero-order valence-electron chi connectivity index (χ0n) is 14.9. The second-order valence-corrected chi connectivity index (χ2v) is 7.57. The quantitative estimate of drug-likeness (QED) is 0.646. The normalized spacial score (nSPS) is 11.2. The molecule has 0 atom stereocenters. The van der Waals surface area contributed by atoms with E-state index >= 15 is 0 Å². The first-order chi connectivity index (χ1) is 12.4. The van der Waals surface area contributed by atoms with Gasteiger partial charge >= 0.3 is 11.7 Å². The topological polar surface area (TPSA) is 70.3 Å². The molecule has 0 bridgehead atoms. The third-order valence-electron chi connectivity index (χ3n) is 3.97. The summed E-state index contributed by atoms with van der Waals surface area (Å²) in [7, 11) is 1.61. The van der Waals surface area contributed by atoms with Crippen molar-refractivity contribution < 1.29 is 9.53 Å². The van der Waals surface area contributed by atoms with E-state index in [0.717, 1.165) is 16.9 Å². The summed E-state index contributed by atoms with van der Waals surface area (Å²) in [6, 6.07) is 10.9. The summed E-state index contributed by atoms with van der Waals surface area (Å²) in [5.41, 5.74) is 0.145. The number of carbonyl (C=O) groups excluding carboxylic acids is 1. The Hall–Kier alpha value is -2.67. The molecule has 136 valence electrons. The van der Waals surface area contributed by atoms with Gasteiger partial charge in [0.15, 0.2) is 0 Å². The largest absolute Gasteiger partial charge is 0.457 e. The van der Waals surface area contributed by atoms with Crippen LogP contribution in [-0.4, -0.2) is 15.1 Å². The van der Waals surface area contributed by atoms with E-state index < -0.39 is 5.97 Å². The van der Waals surface area contributed by atoms with Gasteiger partial charge in [-0.3, -0.25) is 13.9 Å². The summed E-state index contributed by atoms with van der Waals surface area (Å²) in [6.45, 7) is 4.38. The number of aromatic nitrogens is 2. The molecule has 3 rings (SSSR count). The van der Waals surface area contributed by atoms with Gasteiger partial charge in [0.2, 0.25) is 0 Å². The minimum Gasteiger partial charge on any atom is -0.457 e. The summed E-state index contributed by atoms with van der Waals surface area (Å²) in [4.78, 5) is 38.2. The maximum atomic E-state index is 12.7. The van der Waals surface area contributed by atoms with Crippen molar-refractivity contribution in [2.45, 2.75) is 27.0 Å². The number of carbonyl (C=O) groups is 1. The van der Waals surface area contributed by atoms with E-state index in [1.54, 1.807) is 7.05 Å². The molecule has 2 aromatic heterocycles. The Morgan fingerprint density at radius 2 is 1.88 bits per heavy atom. The molecule has 0 aliphatic heterocycles. The van der Waals surface area contributed by atoms with E-state index in [1.807, 2.05) is 44.2 Å². The van der Waals surface area contributed by atoms with Crippen molar-refractivity contribution in [3.8, 4) is 0 Å². The number of aryl methyl sites for hydroxylation is 1. The van der Waals surface area contributed by atoms with Crippen LogP contribution < -0.4 is 11.2 Å². The molecule has 1 aromatic carbocycles. The Kier molecular flexibility index (Phi) is 5.08. The maximum Gasteiger partial charge on any atom is 0.348 e. The molecule has 7 heteroatoms. The Labute approximate surface area is 154 Å². The fourth-order valence-corrected chi connectivity index (χ4v) is 3.70. The molecular weight excluding hydrogens is 352 g/mol. The molecular formula is C19H20N2O4S. The van der Waals surface area contributed by atoms with Gasteiger partial charge in [0.25, 0.3) is 5.56 Å². The molecule has 0 N–H and O–H groups in total. The monoisotopic (exact) mass is 372 g/mol. The second-order valence-electron chi connectivity index (χ2n) is 6.54. The third kappa shape index (κ3) is 3.48. The molecule has 0 unspecified atom stereocenters. The predicted molar refractivity (Wildman–Crippen MR) is 102 cm³/mol. The van der Waals surface area contributed by atoms with Crippen molar-refractivity contribution in [1.29, 1.82) is 0 Å². The fraction of sp³-hybridized carbons (Fsp3) is 0.316. The van der Waals surface area contributed by atoms with Crippen molar-refractivity contribution in [3.05, 3.63) is 67.7 Å². The van der Waals surface area contributed by atoms with Gasteiger partial charge < -0.3 is 4.74 Å². The molecule has 2 heterocycles. The molecule has 0 aliphatic rings. The van der Waals surface area contributed by atoms with Crippen molar-refractivity contribution in [2.24, 2.45) is 13.0 Å². The highest BCUT2D eigenvalue weighted by Gasteiger charge is 2.19. The first-order valence-corrected chi connectivity index (χ1v) is 9.14. The number of hydrogen-bond donors (Lipinski definition) is 0. The van der Waals surface area contributed by atoms with Gasteiger partial charge in [0, 0.05) is 13.6 Å². The fourth-order valence-electron chi connectivity index (χ4n) is 2.70. The summed E-state index contributed by atoms with van der Waals surface area (Å²) < 4.78 is 7.96.